The third-order valence-electron chi connectivity index (χ3n) is 3.90. The number of ether oxygens (including phenoxy) is 1. The third kappa shape index (κ3) is 1.95. The Morgan fingerprint density at radius 3 is 2.76 bits per heavy atom. The molecule has 1 saturated carbocycles. The number of nitrogen functional groups attached to an aromatic ring is 1. The van der Waals surface area contributed by atoms with Gasteiger partial charge < -0.3 is 15.8 Å². The maximum absolute atomic E-state index is 5.76. The van der Waals surface area contributed by atoms with Gasteiger partial charge in [0.1, 0.15) is 18.0 Å². The molecule has 1 aromatic rings. The van der Waals surface area contributed by atoms with Crippen LogP contribution in [0.15, 0.2) is 6.33 Å². The number of nitrogens with two attached hydrogens (primary N) is 1. The van der Waals surface area contributed by atoms with Crippen molar-refractivity contribution in [3.63, 3.8) is 0 Å². The fraction of sp³-hybridized carbons (Fsp3) is 0.667. The highest BCUT2D eigenvalue weighted by Crippen LogP contribution is 2.44. The van der Waals surface area contributed by atoms with E-state index in [-0.39, 0.29) is 5.41 Å². The van der Waals surface area contributed by atoms with E-state index in [0.717, 1.165) is 17.8 Å². The van der Waals surface area contributed by atoms with Crippen LogP contribution in [0, 0.1) is 12.3 Å². The second-order valence-corrected chi connectivity index (χ2v) is 5.21. The number of rotatable bonds is 3. The van der Waals surface area contributed by atoms with Gasteiger partial charge in [-0.05, 0) is 13.3 Å². The van der Waals surface area contributed by atoms with Gasteiger partial charge in [0.2, 0.25) is 0 Å². The summed E-state index contributed by atoms with van der Waals surface area (Å²) in [5.74, 6) is 1.35. The van der Waals surface area contributed by atoms with Crippen molar-refractivity contribution in [2.75, 3.05) is 18.2 Å². The van der Waals surface area contributed by atoms with E-state index >= 15 is 0 Å². The van der Waals surface area contributed by atoms with E-state index in [9.17, 15) is 0 Å². The topological polar surface area (TPSA) is 73.1 Å². The lowest BCUT2D eigenvalue weighted by Crippen LogP contribution is -2.57. The van der Waals surface area contributed by atoms with Crippen LogP contribution in [0.2, 0.25) is 0 Å². The zero-order valence-electron chi connectivity index (χ0n) is 10.8. The standard InChI is InChI=1S/C12H20N4O/c1-7-10(13)14-6-15-11(7)16-8-5-9(17-4)12(8,2)3/h6,8-9H,5H2,1-4H3,(H3,13,14,15,16). The molecule has 3 N–H and O–H groups in total. The Hall–Kier alpha value is -1.36. The van der Waals surface area contributed by atoms with E-state index in [1.807, 2.05) is 6.92 Å². The van der Waals surface area contributed by atoms with E-state index in [2.05, 4.69) is 29.1 Å². The first kappa shape index (κ1) is 12.1. The van der Waals surface area contributed by atoms with Gasteiger partial charge in [0.25, 0.3) is 0 Å². The summed E-state index contributed by atoms with van der Waals surface area (Å²) in [5.41, 5.74) is 6.78. The second-order valence-electron chi connectivity index (χ2n) is 5.21. The molecule has 2 atom stereocenters. The smallest absolute Gasteiger partial charge is 0.134 e. The monoisotopic (exact) mass is 236 g/mol. The highest BCUT2D eigenvalue weighted by Gasteiger charge is 2.48. The Labute approximate surface area is 102 Å². The van der Waals surface area contributed by atoms with Crippen LogP contribution in [0.25, 0.3) is 0 Å². The molecular weight excluding hydrogens is 216 g/mol. The number of anilines is 2. The quantitative estimate of drug-likeness (QED) is 0.833. The van der Waals surface area contributed by atoms with E-state index in [0.29, 0.717) is 18.0 Å². The first-order chi connectivity index (χ1) is 7.96. The number of nitrogens with one attached hydrogen (secondary N) is 1. The van der Waals surface area contributed by atoms with Gasteiger partial charge in [-0.15, -0.1) is 0 Å². The molecule has 0 spiro atoms. The molecule has 0 saturated heterocycles. The molecule has 0 aliphatic heterocycles. The third-order valence-corrected chi connectivity index (χ3v) is 3.90. The number of hydrogen-bond acceptors (Lipinski definition) is 5. The van der Waals surface area contributed by atoms with Crippen LogP contribution in [-0.2, 0) is 4.74 Å². The van der Waals surface area contributed by atoms with Crippen LogP contribution >= 0.6 is 0 Å². The van der Waals surface area contributed by atoms with Crippen molar-refractivity contribution in [3.05, 3.63) is 11.9 Å². The summed E-state index contributed by atoms with van der Waals surface area (Å²) in [5, 5.41) is 3.43. The normalized spacial score (nSPS) is 26.4. The van der Waals surface area contributed by atoms with Crippen molar-refractivity contribution >= 4 is 11.6 Å². The predicted molar refractivity (Wildman–Crippen MR) is 67.8 cm³/mol. The lowest BCUT2D eigenvalue weighted by Gasteiger charge is -2.51. The summed E-state index contributed by atoms with van der Waals surface area (Å²) < 4.78 is 5.43. The molecule has 0 bridgehead atoms. The highest BCUT2D eigenvalue weighted by atomic mass is 16.5. The average Bonchev–Trinajstić information content (AvgIpc) is 2.29. The van der Waals surface area contributed by atoms with Gasteiger partial charge in [0.05, 0.1) is 6.10 Å². The summed E-state index contributed by atoms with van der Waals surface area (Å²) in [4.78, 5) is 8.19. The highest BCUT2D eigenvalue weighted by molar-refractivity contribution is 5.54. The molecule has 0 amide bonds. The Morgan fingerprint density at radius 2 is 2.18 bits per heavy atom. The van der Waals surface area contributed by atoms with Crippen molar-refractivity contribution < 1.29 is 4.74 Å². The van der Waals surface area contributed by atoms with Gasteiger partial charge in [-0.25, -0.2) is 9.97 Å². The van der Waals surface area contributed by atoms with Crippen molar-refractivity contribution in [3.8, 4) is 0 Å². The SMILES string of the molecule is COC1CC(Nc2ncnc(N)c2C)C1(C)C. The average molecular weight is 236 g/mol. The van der Waals surface area contributed by atoms with E-state index in [1.54, 1.807) is 7.11 Å². The predicted octanol–water partition coefficient (Wildman–Crippen LogP) is 1.59. The Balaban J connectivity index is 2.11. The summed E-state index contributed by atoms with van der Waals surface area (Å²) in [6, 6.07) is 0.362. The molecule has 1 fully saturated rings. The molecule has 0 radical (unpaired) electrons. The van der Waals surface area contributed by atoms with Crippen molar-refractivity contribution in [2.24, 2.45) is 5.41 Å². The maximum Gasteiger partial charge on any atom is 0.134 e. The lowest BCUT2D eigenvalue weighted by atomic mass is 9.64. The molecule has 2 rings (SSSR count). The first-order valence-corrected chi connectivity index (χ1v) is 5.83. The Morgan fingerprint density at radius 1 is 1.47 bits per heavy atom. The number of nitrogens with zero attached hydrogens (tertiary/aromatic N) is 2. The fourth-order valence-electron chi connectivity index (χ4n) is 2.30. The lowest BCUT2D eigenvalue weighted by molar-refractivity contribution is -0.0795. The summed E-state index contributed by atoms with van der Waals surface area (Å²) in [6.45, 7) is 6.32. The van der Waals surface area contributed by atoms with Crippen LogP contribution in [-0.4, -0.2) is 29.2 Å². The number of methoxy groups -OCH3 is 1. The summed E-state index contributed by atoms with van der Waals surface area (Å²) in [7, 11) is 1.76. The molecular formula is C12H20N4O. The van der Waals surface area contributed by atoms with Gasteiger partial charge >= 0.3 is 0 Å². The minimum Gasteiger partial charge on any atom is -0.383 e. The van der Waals surface area contributed by atoms with E-state index in [1.165, 1.54) is 6.33 Å². The summed E-state index contributed by atoms with van der Waals surface area (Å²) >= 11 is 0. The molecule has 5 nitrogen and oxygen atoms in total. The molecule has 1 aliphatic rings. The van der Waals surface area contributed by atoms with Crippen LogP contribution in [0.3, 0.4) is 0 Å². The van der Waals surface area contributed by atoms with E-state index in [4.69, 9.17) is 10.5 Å². The second kappa shape index (κ2) is 4.14. The Bertz CT molecular complexity index is 419. The molecule has 2 unspecified atom stereocenters. The van der Waals surface area contributed by atoms with Crippen LogP contribution in [0.1, 0.15) is 25.8 Å². The van der Waals surface area contributed by atoms with E-state index < -0.39 is 0 Å². The molecule has 1 aliphatic carbocycles. The minimum atomic E-state index is 0.112. The Kier molecular flexibility index (Phi) is 2.95. The van der Waals surface area contributed by atoms with Crippen molar-refractivity contribution in [2.45, 2.75) is 39.3 Å². The van der Waals surface area contributed by atoms with Gasteiger partial charge in [0.15, 0.2) is 0 Å². The molecule has 0 aromatic carbocycles. The van der Waals surface area contributed by atoms with Crippen molar-refractivity contribution in [1.29, 1.82) is 0 Å². The number of hydrogen-bond donors (Lipinski definition) is 2. The first-order valence-electron chi connectivity index (χ1n) is 5.83. The minimum absolute atomic E-state index is 0.112. The van der Waals surface area contributed by atoms with Crippen LogP contribution in [0.5, 0.6) is 0 Å². The maximum atomic E-state index is 5.76. The zero-order valence-corrected chi connectivity index (χ0v) is 10.8. The van der Waals surface area contributed by atoms with Crippen LogP contribution < -0.4 is 11.1 Å². The molecule has 1 heterocycles. The molecule has 94 valence electrons. The molecule has 17 heavy (non-hydrogen) atoms. The largest absolute Gasteiger partial charge is 0.383 e. The zero-order chi connectivity index (χ0) is 12.6. The van der Waals surface area contributed by atoms with Gasteiger partial charge in [-0.3, -0.25) is 0 Å². The van der Waals surface area contributed by atoms with Crippen molar-refractivity contribution in [1.82, 2.24) is 9.97 Å². The van der Waals surface area contributed by atoms with Gasteiger partial charge in [-0.2, -0.15) is 0 Å². The number of aromatic nitrogens is 2. The van der Waals surface area contributed by atoms with Gasteiger partial charge in [-0.1, -0.05) is 13.8 Å². The van der Waals surface area contributed by atoms with Gasteiger partial charge in [0, 0.05) is 24.1 Å². The summed E-state index contributed by atoms with van der Waals surface area (Å²) in [6.07, 6.45) is 2.79. The molecule has 5 heteroatoms. The molecule has 1 aromatic heterocycles. The van der Waals surface area contributed by atoms with Crippen LogP contribution in [0.4, 0.5) is 11.6 Å². The fourth-order valence-corrected chi connectivity index (χ4v) is 2.30.